The van der Waals surface area contributed by atoms with Crippen LogP contribution in [0.3, 0.4) is 0 Å². The lowest BCUT2D eigenvalue weighted by atomic mass is 10.1. The monoisotopic (exact) mass is 216 g/mol. The summed E-state index contributed by atoms with van der Waals surface area (Å²) in [4.78, 5) is 17.6. The van der Waals surface area contributed by atoms with Crippen molar-refractivity contribution in [2.75, 3.05) is 6.61 Å². The number of carbonyl (C=O) groups is 1. The predicted octanol–water partition coefficient (Wildman–Crippen LogP) is 2.83. The van der Waals surface area contributed by atoms with Crippen molar-refractivity contribution in [1.29, 1.82) is 5.39 Å². The molecule has 0 atom stereocenters. The Kier molecular flexibility index (Phi) is 2.56. The number of hydrogen-bond acceptors (Lipinski definition) is 3. The molecule has 0 saturated heterocycles. The quantitative estimate of drug-likeness (QED) is 0.619. The molecule has 0 saturated carbocycles. The van der Waals surface area contributed by atoms with E-state index in [-0.39, 0.29) is 18.0 Å². The highest BCUT2D eigenvalue weighted by molar-refractivity contribution is 6.09. The molecule has 0 bridgehead atoms. The number of aromatic nitrogens is 1. The minimum atomic E-state index is -0.493. The van der Waals surface area contributed by atoms with E-state index >= 15 is 0 Å². The van der Waals surface area contributed by atoms with Gasteiger partial charge < -0.3 is 4.74 Å². The normalized spacial score (nSPS) is 10.0. The number of carbonyl (C=O) groups excluding carboxylic acids is 1. The molecule has 2 aromatic rings. The molecular weight excluding hydrogens is 206 g/mol. The third-order valence-electron chi connectivity index (χ3n) is 2.27. The number of hydrogen-bond donors (Lipinski definition) is 1. The Labute approximate surface area is 91.7 Å². The molecule has 0 amide bonds. The minimum Gasteiger partial charge on any atom is -0.462 e. The summed E-state index contributed by atoms with van der Waals surface area (Å²) in [6.45, 7) is 2.01. The average molecular weight is 216 g/mol. The van der Waals surface area contributed by atoms with Gasteiger partial charge >= 0.3 is 11.8 Å². The summed E-state index contributed by atoms with van der Waals surface area (Å²) in [6, 6.07) is 7.20. The van der Waals surface area contributed by atoms with Crippen molar-refractivity contribution in [3.63, 3.8) is 0 Å². The van der Waals surface area contributed by atoms with Crippen LogP contribution in [0.25, 0.3) is 15.9 Å². The Balaban J connectivity index is 2.66. The third kappa shape index (κ3) is 1.50. The molecule has 5 nitrogen and oxygen atoms in total. The lowest BCUT2D eigenvalue weighted by Crippen LogP contribution is -2.03. The van der Waals surface area contributed by atoms with E-state index in [1.54, 1.807) is 25.1 Å². The Morgan fingerprint density at radius 3 is 2.94 bits per heavy atom. The number of esters is 1. The number of benzene rings is 1. The van der Waals surface area contributed by atoms with Crippen LogP contribution in [-0.2, 0) is 4.74 Å². The first-order valence-corrected chi connectivity index (χ1v) is 4.90. The largest absolute Gasteiger partial charge is 0.462 e. The van der Waals surface area contributed by atoms with Crippen molar-refractivity contribution in [2.24, 2.45) is 0 Å². The second kappa shape index (κ2) is 4.03. The number of rotatable bonds is 2. The fourth-order valence-corrected chi connectivity index (χ4v) is 1.61. The lowest BCUT2D eigenvalue weighted by Gasteiger charge is -1.96. The standard InChI is InChI=1S/C11H9N3O2/c1-2-16-11(15)9-7-5-3-4-6-8(7)13-10(9)14-12/h3-6H,2H2,1H3/p+1. The molecule has 80 valence electrons. The van der Waals surface area contributed by atoms with Crippen LogP contribution in [0.1, 0.15) is 17.3 Å². The van der Waals surface area contributed by atoms with Crippen molar-refractivity contribution in [1.82, 2.24) is 4.98 Å². The molecule has 0 unspecified atom stereocenters. The Morgan fingerprint density at radius 2 is 2.25 bits per heavy atom. The Hall–Kier alpha value is -2.35. The van der Waals surface area contributed by atoms with E-state index in [4.69, 9.17) is 10.1 Å². The molecule has 0 fully saturated rings. The maximum atomic E-state index is 11.7. The van der Waals surface area contributed by atoms with Gasteiger partial charge in [0.1, 0.15) is 5.52 Å². The second-order valence-electron chi connectivity index (χ2n) is 3.21. The van der Waals surface area contributed by atoms with Gasteiger partial charge in [-0.15, -0.1) is 0 Å². The third-order valence-corrected chi connectivity index (χ3v) is 2.27. The van der Waals surface area contributed by atoms with Gasteiger partial charge in [-0.3, -0.25) is 0 Å². The molecule has 0 spiro atoms. The highest BCUT2D eigenvalue weighted by Crippen LogP contribution is 2.28. The van der Waals surface area contributed by atoms with Crippen LogP contribution in [0.15, 0.2) is 24.3 Å². The SMILES string of the molecule is CCOC(=O)c1c([N+]#N)[nH]c2ccccc12. The molecule has 2 rings (SSSR count). The zero-order valence-corrected chi connectivity index (χ0v) is 8.73. The topological polar surface area (TPSA) is 70.2 Å². The van der Waals surface area contributed by atoms with E-state index < -0.39 is 5.97 Å². The van der Waals surface area contributed by atoms with Gasteiger partial charge in [0, 0.05) is 10.4 Å². The Morgan fingerprint density at radius 1 is 1.50 bits per heavy atom. The van der Waals surface area contributed by atoms with Gasteiger partial charge in [0.05, 0.1) is 12.0 Å². The van der Waals surface area contributed by atoms with Crippen LogP contribution in [0.5, 0.6) is 0 Å². The van der Waals surface area contributed by atoms with Crippen molar-refractivity contribution < 1.29 is 9.53 Å². The fraction of sp³-hybridized carbons (Fsp3) is 0.182. The Bertz CT molecular complexity index is 580. The number of ether oxygens (including phenoxy) is 1. The molecule has 0 aliphatic heterocycles. The van der Waals surface area contributed by atoms with Crippen LogP contribution in [-0.4, -0.2) is 17.6 Å². The fourth-order valence-electron chi connectivity index (χ4n) is 1.61. The average Bonchev–Trinajstić information content (AvgIpc) is 2.67. The molecular formula is C11H10N3O2+. The summed E-state index contributed by atoms with van der Waals surface area (Å²) >= 11 is 0. The first-order valence-electron chi connectivity index (χ1n) is 4.90. The van der Waals surface area contributed by atoms with Gasteiger partial charge in [-0.05, 0) is 19.1 Å². The van der Waals surface area contributed by atoms with Gasteiger partial charge in [0.25, 0.3) is 0 Å². The van der Waals surface area contributed by atoms with E-state index in [9.17, 15) is 4.79 Å². The van der Waals surface area contributed by atoms with E-state index in [1.807, 2.05) is 6.07 Å². The molecule has 0 aliphatic rings. The summed E-state index contributed by atoms with van der Waals surface area (Å²) in [7, 11) is 0. The summed E-state index contributed by atoms with van der Waals surface area (Å²) in [6.07, 6.45) is 0. The number of H-pyrrole nitrogens is 1. The number of diazo groups is 1. The zero-order valence-electron chi connectivity index (χ0n) is 8.73. The molecule has 1 N–H and O–H groups in total. The molecule has 16 heavy (non-hydrogen) atoms. The summed E-state index contributed by atoms with van der Waals surface area (Å²) < 4.78 is 4.91. The van der Waals surface area contributed by atoms with E-state index in [1.165, 1.54) is 0 Å². The van der Waals surface area contributed by atoms with E-state index in [2.05, 4.69) is 9.96 Å². The highest BCUT2D eigenvalue weighted by atomic mass is 16.5. The first kappa shape index (κ1) is 10.2. The smallest absolute Gasteiger partial charge is 0.438 e. The second-order valence-corrected chi connectivity index (χ2v) is 3.21. The summed E-state index contributed by atoms with van der Waals surface area (Å²) in [5.74, 6) is -0.368. The molecule has 0 aliphatic carbocycles. The van der Waals surface area contributed by atoms with Gasteiger partial charge in [-0.2, -0.15) is 0 Å². The van der Waals surface area contributed by atoms with Gasteiger partial charge in [0.15, 0.2) is 5.56 Å². The summed E-state index contributed by atoms with van der Waals surface area (Å²) in [5.41, 5.74) is 0.998. The predicted molar refractivity (Wildman–Crippen MR) is 59.0 cm³/mol. The maximum Gasteiger partial charge on any atom is 0.438 e. The van der Waals surface area contributed by atoms with E-state index in [0.717, 1.165) is 5.52 Å². The number of nitrogens with one attached hydrogen (secondary N) is 1. The van der Waals surface area contributed by atoms with Crippen LogP contribution in [0.4, 0.5) is 5.82 Å². The van der Waals surface area contributed by atoms with Gasteiger partial charge in [-0.1, -0.05) is 12.1 Å². The van der Waals surface area contributed by atoms with E-state index in [0.29, 0.717) is 5.39 Å². The van der Waals surface area contributed by atoms with Crippen LogP contribution < -0.4 is 0 Å². The van der Waals surface area contributed by atoms with Crippen molar-refractivity contribution in [3.05, 3.63) is 34.8 Å². The summed E-state index contributed by atoms with van der Waals surface area (Å²) in [5, 5.41) is 9.51. The van der Waals surface area contributed by atoms with Crippen molar-refractivity contribution in [3.8, 4) is 0 Å². The van der Waals surface area contributed by atoms with Crippen molar-refractivity contribution >= 4 is 22.7 Å². The molecule has 1 aromatic heterocycles. The molecule has 1 heterocycles. The number of para-hydroxylation sites is 1. The molecule has 5 heteroatoms. The maximum absolute atomic E-state index is 11.7. The minimum absolute atomic E-state index is 0.125. The molecule has 1 aromatic carbocycles. The van der Waals surface area contributed by atoms with Crippen LogP contribution in [0, 0.1) is 5.39 Å². The number of fused-ring (bicyclic) bond motifs is 1. The van der Waals surface area contributed by atoms with Gasteiger partial charge in [-0.25, -0.2) is 9.78 Å². The van der Waals surface area contributed by atoms with Crippen molar-refractivity contribution in [2.45, 2.75) is 6.92 Å². The zero-order chi connectivity index (χ0) is 11.5. The molecule has 0 radical (unpaired) electrons. The van der Waals surface area contributed by atoms with Gasteiger partial charge in [0.2, 0.25) is 0 Å². The highest BCUT2D eigenvalue weighted by Gasteiger charge is 2.27. The number of nitrogens with zero attached hydrogens (tertiary/aromatic N) is 2. The van der Waals surface area contributed by atoms with Crippen LogP contribution in [0.2, 0.25) is 0 Å². The number of aromatic amines is 1. The first-order chi connectivity index (χ1) is 7.77. The van der Waals surface area contributed by atoms with Crippen LogP contribution >= 0.6 is 0 Å². The lowest BCUT2D eigenvalue weighted by molar-refractivity contribution is 0.0530.